The van der Waals surface area contributed by atoms with Crippen LogP contribution in [0.15, 0.2) is 67.3 Å². The molecule has 1 aromatic carbocycles. The van der Waals surface area contributed by atoms with Crippen LogP contribution in [-0.4, -0.2) is 32.6 Å². The highest BCUT2D eigenvalue weighted by atomic mass is 15.1. The maximum absolute atomic E-state index is 7.29. The van der Waals surface area contributed by atoms with E-state index in [0.717, 1.165) is 45.2 Å². The summed E-state index contributed by atoms with van der Waals surface area (Å²) in [6, 6.07) is 12.3. The van der Waals surface area contributed by atoms with Crippen molar-refractivity contribution < 1.29 is 0 Å². The molecule has 0 saturated carbocycles. The number of anilines is 1. The van der Waals surface area contributed by atoms with Gasteiger partial charge in [-0.1, -0.05) is 36.4 Å². The summed E-state index contributed by atoms with van der Waals surface area (Å²) >= 11 is 0. The predicted octanol–water partition coefficient (Wildman–Crippen LogP) is 3.92. The largest absolute Gasteiger partial charge is 0.386 e. The first-order chi connectivity index (χ1) is 14.7. The quantitative estimate of drug-likeness (QED) is 0.411. The zero-order valence-electron chi connectivity index (χ0n) is 16.9. The van der Waals surface area contributed by atoms with Crippen LogP contribution in [-0.2, 0) is 6.54 Å². The highest BCUT2D eigenvalue weighted by Gasteiger charge is 2.11. The lowest BCUT2D eigenvalue weighted by molar-refractivity contribution is 1.03. The molecule has 0 amide bonds. The number of hydrogen-bond acceptors (Lipinski definition) is 6. The van der Waals surface area contributed by atoms with Gasteiger partial charge in [0.05, 0.1) is 23.3 Å². The van der Waals surface area contributed by atoms with Crippen LogP contribution < -0.4 is 10.6 Å². The predicted molar refractivity (Wildman–Crippen MR) is 121 cm³/mol. The average molecular weight is 397 g/mol. The van der Waals surface area contributed by atoms with Crippen molar-refractivity contribution in [3.05, 3.63) is 84.1 Å². The van der Waals surface area contributed by atoms with Gasteiger partial charge in [0, 0.05) is 44.0 Å². The number of fused-ring (bicyclic) bond motifs is 1. The van der Waals surface area contributed by atoms with Gasteiger partial charge in [-0.3, -0.25) is 9.38 Å². The highest BCUT2D eigenvalue weighted by molar-refractivity contribution is 5.81. The molecule has 0 aliphatic heterocycles. The summed E-state index contributed by atoms with van der Waals surface area (Å²) in [4.78, 5) is 13.6. The van der Waals surface area contributed by atoms with Crippen LogP contribution >= 0.6 is 0 Å². The molecule has 150 valence electrons. The molecule has 0 atom stereocenters. The van der Waals surface area contributed by atoms with E-state index in [1.165, 1.54) is 6.21 Å². The van der Waals surface area contributed by atoms with Gasteiger partial charge in [-0.15, -0.1) is 0 Å². The summed E-state index contributed by atoms with van der Waals surface area (Å²) in [5, 5.41) is 13.8. The van der Waals surface area contributed by atoms with Crippen molar-refractivity contribution in [3.8, 4) is 11.3 Å². The Hall–Kier alpha value is -4.00. The second-order valence-electron chi connectivity index (χ2n) is 6.84. The van der Waals surface area contributed by atoms with E-state index in [1.807, 2.05) is 55.2 Å². The van der Waals surface area contributed by atoms with E-state index in [0.29, 0.717) is 6.54 Å². The van der Waals surface area contributed by atoms with Gasteiger partial charge in [0.25, 0.3) is 0 Å². The molecule has 4 aromatic rings. The van der Waals surface area contributed by atoms with Crippen LogP contribution in [0.5, 0.6) is 0 Å². The standard InChI is InChI=1S/C23H23N7/c1-16-12-17(13-27-21(16)19(25-2)8-9-24)14-28-22-23-29-15-20(30(23)11-10-26-22)18-6-4-3-5-7-18/h3-13,15,24-25H,14H2,1-2H3,(H,26,28)/b19-8-,24-9?. The van der Waals surface area contributed by atoms with Crippen molar-refractivity contribution in [3.63, 3.8) is 0 Å². The molecular weight excluding hydrogens is 374 g/mol. The van der Waals surface area contributed by atoms with E-state index < -0.39 is 0 Å². The van der Waals surface area contributed by atoms with Gasteiger partial charge in [-0.2, -0.15) is 0 Å². The van der Waals surface area contributed by atoms with Crippen molar-refractivity contribution in [1.29, 1.82) is 5.41 Å². The number of nitrogens with zero attached hydrogens (tertiary/aromatic N) is 4. The molecular formula is C23H23N7. The van der Waals surface area contributed by atoms with Gasteiger partial charge >= 0.3 is 0 Å². The maximum atomic E-state index is 7.29. The fraction of sp³-hybridized carbons (Fsp3) is 0.130. The second kappa shape index (κ2) is 8.57. The Kier molecular flexibility index (Phi) is 5.52. The average Bonchev–Trinajstić information content (AvgIpc) is 3.22. The topological polar surface area (TPSA) is 91.0 Å². The minimum absolute atomic E-state index is 0.581. The Bertz CT molecular complexity index is 1210. The molecule has 0 saturated heterocycles. The third kappa shape index (κ3) is 3.77. The smallest absolute Gasteiger partial charge is 0.180 e. The van der Waals surface area contributed by atoms with Gasteiger partial charge in [-0.05, 0) is 24.1 Å². The van der Waals surface area contributed by atoms with Crippen molar-refractivity contribution in [2.75, 3.05) is 12.4 Å². The number of aromatic nitrogens is 4. The molecule has 3 aromatic heterocycles. The summed E-state index contributed by atoms with van der Waals surface area (Å²) < 4.78 is 2.04. The maximum Gasteiger partial charge on any atom is 0.180 e. The van der Waals surface area contributed by atoms with E-state index in [4.69, 9.17) is 5.41 Å². The lowest BCUT2D eigenvalue weighted by Gasteiger charge is -2.12. The van der Waals surface area contributed by atoms with Crippen LogP contribution in [0, 0.1) is 12.3 Å². The molecule has 0 bridgehead atoms. The summed E-state index contributed by atoms with van der Waals surface area (Å²) in [5.41, 5.74) is 6.65. The van der Waals surface area contributed by atoms with Crippen molar-refractivity contribution in [2.24, 2.45) is 0 Å². The van der Waals surface area contributed by atoms with Gasteiger partial charge in [-0.25, -0.2) is 9.97 Å². The lowest BCUT2D eigenvalue weighted by atomic mass is 10.1. The Morgan fingerprint density at radius 3 is 2.70 bits per heavy atom. The molecule has 0 aliphatic carbocycles. The molecule has 0 spiro atoms. The monoisotopic (exact) mass is 397 g/mol. The normalized spacial score (nSPS) is 11.5. The van der Waals surface area contributed by atoms with Crippen molar-refractivity contribution in [1.82, 2.24) is 24.7 Å². The van der Waals surface area contributed by atoms with E-state index in [1.54, 1.807) is 12.3 Å². The van der Waals surface area contributed by atoms with Gasteiger partial charge in [0.15, 0.2) is 11.5 Å². The molecule has 0 unspecified atom stereocenters. The van der Waals surface area contributed by atoms with Crippen LogP contribution in [0.25, 0.3) is 22.6 Å². The molecule has 7 heteroatoms. The molecule has 30 heavy (non-hydrogen) atoms. The molecule has 3 heterocycles. The lowest BCUT2D eigenvalue weighted by Crippen LogP contribution is -2.10. The zero-order chi connectivity index (χ0) is 20.9. The first-order valence-corrected chi connectivity index (χ1v) is 9.67. The van der Waals surface area contributed by atoms with Crippen molar-refractivity contribution >= 4 is 23.4 Å². The molecule has 3 N–H and O–H groups in total. The molecule has 0 aliphatic rings. The number of rotatable bonds is 7. The number of allylic oxidation sites excluding steroid dienone is 1. The first-order valence-electron chi connectivity index (χ1n) is 9.67. The molecule has 4 rings (SSSR count). The number of aryl methyl sites for hydroxylation is 1. The number of nitrogens with one attached hydrogen (secondary N) is 3. The Morgan fingerprint density at radius 2 is 1.97 bits per heavy atom. The number of pyridine rings is 1. The summed E-state index contributed by atoms with van der Waals surface area (Å²) in [7, 11) is 1.83. The van der Waals surface area contributed by atoms with E-state index in [2.05, 4.69) is 43.8 Å². The third-order valence-electron chi connectivity index (χ3n) is 4.87. The minimum Gasteiger partial charge on any atom is -0.386 e. The minimum atomic E-state index is 0.581. The highest BCUT2D eigenvalue weighted by Crippen LogP contribution is 2.23. The SMILES string of the molecule is CN/C(=C\C=N)c1ncc(CNc2nccn3c(-c4ccccc4)cnc23)cc1C. The Morgan fingerprint density at radius 1 is 1.13 bits per heavy atom. The molecule has 0 fully saturated rings. The Balaban J connectivity index is 1.57. The van der Waals surface area contributed by atoms with Gasteiger partial charge in [0.1, 0.15) is 0 Å². The fourth-order valence-corrected chi connectivity index (χ4v) is 3.43. The summed E-state index contributed by atoms with van der Waals surface area (Å²) in [5.74, 6) is 0.723. The fourth-order valence-electron chi connectivity index (χ4n) is 3.43. The third-order valence-corrected chi connectivity index (χ3v) is 4.87. The van der Waals surface area contributed by atoms with Crippen LogP contribution in [0.2, 0.25) is 0 Å². The van der Waals surface area contributed by atoms with Gasteiger partial charge in [0.2, 0.25) is 0 Å². The van der Waals surface area contributed by atoms with E-state index >= 15 is 0 Å². The second-order valence-corrected chi connectivity index (χ2v) is 6.84. The van der Waals surface area contributed by atoms with Crippen LogP contribution in [0.3, 0.4) is 0 Å². The first kappa shape index (κ1) is 19.3. The number of imidazole rings is 1. The molecule has 7 nitrogen and oxygen atoms in total. The van der Waals surface area contributed by atoms with Gasteiger partial charge < -0.3 is 16.0 Å². The van der Waals surface area contributed by atoms with E-state index in [9.17, 15) is 0 Å². The zero-order valence-corrected chi connectivity index (χ0v) is 16.9. The van der Waals surface area contributed by atoms with Crippen molar-refractivity contribution in [2.45, 2.75) is 13.5 Å². The van der Waals surface area contributed by atoms with Crippen LogP contribution in [0.4, 0.5) is 5.82 Å². The van der Waals surface area contributed by atoms with Crippen LogP contribution in [0.1, 0.15) is 16.8 Å². The summed E-state index contributed by atoms with van der Waals surface area (Å²) in [6.45, 7) is 2.60. The molecule has 0 radical (unpaired) electrons. The Labute approximate surface area is 175 Å². The number of hydrogen-bond donors (Lipinski definition) is 3. The van der Waals surface area contributed by atoms with E-state index in [-0.39, 0.29) is 0 Å². The number of benzene rings is 1. The summed E-state index contributed by atoms with van der Waals surface area (Å²) in [6.07, 6.45) is 10.4.